The predicted octanol–water partition coefficient (Wildman–Crippen LogP) is 3.47. The van der Waals surface area contributed by atoms with Crippen LogP contribution in [0.15, 0.2) is 34.0 Å². The fourth-order valence-corrected chi connectivity index (χ4v) is 3.53. The average Bonchev–Trinajstić information content (AvgIpc) is 3.02. The molecule has 5 nitrogen and oxygen atoms in total. The molecule has 8 heteroatoms. The monoisotopic (exact) mass is 381 g/mol. The number of halogens is 1. The van der Waals surface area contributed by atoms with E-state index in [1.165, 1.54) is 47.4 Å². The van der Waals surface area contributed by atoms with Crippen LogP contribution < -0.4 is 10.6 Å². The van der Waals surface area contributed by atoms with Crippen LogP contribution in [0.5, 0.6) is 0 Å². The summed E-state index contributed by atoms with van der Waals surface area (Å²) in [5, 5.41) is 7.42. The molecule has 0 radical (unpaired) electrons. The number of thiazole rings is 1. The largest absolute Gasteiger partial charge is 0.353 e. The smallest absolute Gasteiger partial charge is 0.234 e. The first kappa shape index (κ1) is 19.4. The second-order valence-corrected chi connectivity index (χ2v) is 7.58. The molecule has 1 atom stereocenters. The van der Waals surface area contributed by atoms with Crippen LogP contribution in [0, 0.1) is 5.82 Å². The van der Waals surface area contributed by atoms with Gasteiger partial charge < -0.3 is 10.6 Å². The molecule has 2 amide bonds. The normalized spacial score (nSPS) is 11.8. The van der Waals surface area contributed by atoms with Crippen molar-refractivity contribution in [2.45, 2.75) is 37.1 Å². The van der Waals surface area contributed by atoms with Crippen LogP contribution in [-0.4, -0.2) is 28.6 Å². The van der Waals surface area contributed by atoms with Crippen LogP contribution in [0.4, 0.5) is 10.1 Å². The summed E-state index contributed by atoms with van der Waals surface area (Å²) >= 11 is 2.72. The van der Waals surface area contributed by atoms with E-state index in [2.05, 4.69) is 15.6 Å². The summed E-state index contributed by atoms with van der Waals surface area (Å²) in [5.41, 5.74) is 1.25. The lowest BCUT2D eigenvalue weighted by Crippen LogP contribution is -2.33. The maximum Gasteiger partial charge on any atom is 0.234 e. The highest BCUT2D eigenvalue weighted by molar-refractivity contribution is 8.01. The van der Waals surface area contributed by atoms with Gasteiger partial charge in [-0.25, -0.2) is 9.37 Å². The Bertz CT molecular complexity index is 719. The molecule has 0 saturated heterocycles. The number of anilines is 1. The molecule has 1 heterocycles. The van der Waals surface area contributed by atoms with Gasteiger partial charge in [0.1, 0.15) is 5.82 Å². The van der Waals surface area contributed by atoms with Gasteiger partial charge in [-0.3, -0.25) is 9.59 Å². The van der Waals surface area contributed by atoms with Gasteiger partial charge >= 0.3 is 0 Å². The Morgan fingerprint density at radius 1 is 1.28 bits per heavy atom. The van der Waals surface area contributed by atoms with E-state index in [1.807, 2.05) is 19.2 Å². The minimum Gasteiger partial charge on any atom is -0.353 e. The number of nitrogens with one attached hydrogen (secondary N) is 2. The summed E-state index contributed by atoms with van der Waals surface area (Å²) in [6.07, 6.45) is 1.12. The Hall–Kier alpha value is -1.93. The lowest BCUT2D eigenvalue weighted by molar-refractivity contribution is -0.121. The molecule has 1 aromatic heterocycles. The lowest BCUT2D eigenvalue weighted by atomic mass is 10.2. The summed E-state index contributed by atoms with van der Waals surface area (Å²) in [5.74, 6) is -0.392. The SMILES string of the molecule is CCC(C)NC(=O)Cc1csc(SCC(=O)Nc2ccc(F)cc2)n1. The van der Waals surface area contributed by atoms with Crippen molar-refractivity contribution in [3.8, 4) is 0 Å². The van der Waals surface area contributed by atoms with E-state index in [0.29, 0.717) is 11.4 Å². The molecule has 0 aliphatic heterocycles. The molecule has 0 spiro atoms. The maximum atomic E-state index is 12.8. The van der Waals surface area contributed by atoms with E-state index < -0.39 is 0 Å². The Morgan fingerprint density at radius 2 is 2.00 bits per heavy atom. The van der Waals surface area contributed by atoms with Crippen LogP contribution in [0.25, 0.3) is 0 Å². The molecular formula is C17H20FN3O2S2. The standard InChI is InChI=1S/C17H20FN3O2S2/c1-3-11(2)19-15(22)8-14-9-24-17(21-14)25-10-16(23)20-13-6-4-12(18)5-7-13/h4-7,9,11H,3,8,10H2,1-2H3,(H,19,22)(H,20,23). The molecule has 2 N–H and O–H groups in total. The highest BCUT2D eigenvalue weighted by atomic mass is 32.2. The first-order chi connectivity index (χ1) is 12.0. The van der Waals surface area contributed by atoms with Crippen LogP contribution in [0.1, 0.15) is 26.0 Å². The molecule has 2 aromatic rings. The number of carbonyl (C=O) groups is 2. The Balaban J connectivity index is 1.77. The third kappa shape index (κ3) is 6.83. The number of thioether (sulfide) groups is 1. The zero-order valence-electron chi connectivity index (χ0n) is 14.0. The van der Waals surface area contributed by atoms with E-state index in [4.69, 9.17) is 0 Å². The van der Waals surface area contributed by atoms with Gasteiger partial charge in [0, 0.05) is 17.1 Å². The summed E-state index contributed by atoms with van der Waals surface area (Å²) in [4.78, 5) is 28.1. The summed E-state index contributed by atoms with van der Waals surface area (Å²) < 4.78 is 13.6. The van der Waals surface area contributed by atoms with Crippen molar-refractivity contribution in [3.63, 3.8) is 0 Å². The zero-order chi connectivity index (χ0) is 18.2. The van der Waals surface area contributed by atoms with Crippen molar-refractivity contribution in [3.05, 3.63) is 41.2 Å². The molecule has 0 bridgehead atoms. The first-order valence-corrected chi connectivity index (χ1v) is 9.74. The second-order valence-electron chi connectivity index (χ2n) is 5.50. The lowest BCUT2D eigenvalue weighted by Gasteiger charge is -2.10. The number of benzene rings is 1. The summed E-state index contributed by atoms with van der Waals surface area (Å²) in [6, 6.07) is 5.75. The molecule has 0 saturated carbocycles. The molecule has 134 valence electrons. The van der Waals surface area contributed by atoms with Gasteiger partial charge in [0.2, 0.25) is 11.8 Å². The minimum absolute atomic E-state index is 0.0507. The van der Waals surface area contributed by atoms with Crippen molar-refractivity contribution in [1.29, 1.82) is 0 Å². The minimum atomic E-state index is -0.347. The number of aromatic nitrogens is 1. The Kier molecular flexibility index (Phi) is 7.39. The predicted molar refractivity (Wildman–Crippen MR) is 99.5 cm³/mol. The number of rotatable bonds is 8. The molecular weight excluding hydrogens is 361 g/mol. The first-order valence-electron chi connectivity index (χ1n) is 7.88. The van der Waals surface area contributed by atoms with Crippen LogP contribution in [0.2, 0.25) is 0 Å². The van der Waals surface area contributed by atoms with E-state index in [1.54, 1.807) is 0 Å². The second kappa shape index (κ2) is 9.53. The molecule has 0 aliphatic rings. The quantitative estimate of drug-likeness (QED) is 0.687. The summed E-state index contributed by atoms with van der Waals surface area (Å²) in [7, 11) is 0. The number of carbonyl (C=O) groups excluding carboxylic acids is 2. The number of hydrogen-bond acceptors (Lipinski definition) is 5. The van der Waals surface area contributed by atoms with Gasteiger partial charge in [-0.05, 0) is 37.6 Å². The molecule has 0 aliphatic carbocycles. The van der Waals surface area contributed by atoms with Gasteiger partial charge in [0.25, 0.3) is 0 Å². The fourth-order valence-electron chi connectivity index (χ4n) is 1.89. The van der Waals surface area contributed by atoms with Crippen LogP contribution in [0.3, 0.4) is 0 Å². The van der Waals surface area contributed by atoms with Crippen molar-refractivity contribution in [2.75, 3.05) is 11.1 Å². The molecule has 25 heavy (non-hydrogen) atoms. The maximum absolute atomic E-state index is 12.8. The van der Waals surface area contributed by atoms with Gasteiger partial charge in [-0.2, -0.15) is 0 Å². The third-order valence-electron chi connectivity index (χ3n) is 3.35. The van der Waals surface area contributed by atoms with Gasteiger partial charge in [0.05, 0.1) is 17.9 Å². The fraction of sp³-hybridized carbons (Fsp3) is 0.353. The van der Waals surface area contributed by atoms with Crippen molar-refractivity contribution >= 4 is 40.6 Å². The number of hydrogen-bond donors (Lipinski definition) is 2. The molecule has 2 rings (SSSR count). The zero-order valence-corrected chi connectivity index (χ0v) is 15.7. The molecule has 0 fully saturated rings. The van der Waals surface area contributed by atoms with E-state index in [-0.39, 0.29) is 35.8 Å². The molecule has 1 unspecified atom stereocenters. The van der Waals surface area contributed by atoms with E-state index in [0.717, 1.165) is 10.8 Å². The number of nitrogens with zero attached hydrogens (tertiary/aromatic N) is 1. The van der Waals surface area contributed by atoms with Crippen LogP contribution >= 0.6 is 23.1 Å². The Labute approximate surface area is 154 Å². The van der Waals surface area contributed by atoms with Crippen molar-refractivity contribution < 1.29 is 14.0 Å². The highest BCUT2D eigenvalue weighted by Gasteiger charge is 2.11. The highest BCUT2D eigenvalue weighted by Crippen LogP contribution is 2.23. The van der Waals surface area contributed by atoms with Gasteiger partial charge in [-0.1, -0.05) is 18.7 Å². The average molecular weight is 381 g/mol. The topological polar surface area (TPSA) is 71.1 Å². The van der Waals surface area contributed by atoms with Gasteiger partial charge in [0.15, 0.2) is 4.34 Å². The molecule has 1 aromatic carbocycles. The van der Waals surface area contributed by atoms with Crippen LogP contribution in [-0.2, 0) is 16.0 Å². The van der Waals surface area contributed by atoms with E-state index >= 15 is 0 Å². The van der Waals surface area contributed by atoms with Crippen molar-refractivity contribution in [1.82, 2.24) is 10.3 Å². The van der Waals surface area contributed by atoms with E-state index in [9.17, 15) is 14.0 Å². The van der Waals surface area contributed by atoms with Crippen molar-refractivity contribution in [2.24, 2.45) is 0 Å². The summed E-state index contributed by atoms with van der Waals surface area (Å²) in [6.45, 7) is 3.97. The third-order valence-corrected chi connectivity index (χ3v) is 5.42. The Morgan fingerprint density at radius 3 is 2.68 bits per heavy atom. The number of amides is 2. The van der Waals surface area contributed by atoms with Gasteiger partial charge in [-0.15, -0.1) is 11.3 Å².